The average Bonchev–Trinajstić information content (AvgIpc) is 3.57. The first-order valence-corrected chi connectivity index (χ1v) is 11.6. The van der Waals surface area contributed by atoms with Crippen LogP contribution in [-0.4, -0.2) is 34.2 Å². The number of rotatable bonds is 4. The van der Waals surface area contributed by atoms with E-state index in [2.05, 4.69) is 50.6 Å². The largest absolute Gasteiger partial charge is 0.326 e. The molecule has 0 aliphatic carbocycles. The normalized spacial score (nSPS) is 11.6. The number of hydrogen-bond acceptors (Lipinski definition) is 6. The van der Waals surface area contributed by atoms with E-state index in [9.17, 15) is 0 Å². The van der Waals surface area contributed by atoms with E-state index in [1.807, 2.05) is 65.3 Å². The lowest BCUT2D eigenvalue weighted by molar-refractivity contribution is 0.933. The van der Waals surface area contributed by atoms with Crippen molar-refractivity contribution in [1.29, 1.82) is 0 Å². The lowest BCUT2D eigenvalue weighted by Crippen LogP contribution is -1.97. The number of pyridine rings is 2. The molecule has 0 atom stereocenters. The molecule has 0 radical (unpaired) electrons. The van der Waals surface area contributed by atoms with E-state index >= 15 is 0 Å². The highest BCUT2D eigenvalue weighted by Crippen LogP contribution is 2.35. The Balaban J connectivity index is 1.46. The minimum absolute atomic E-state index is 0.506. The molecule has 0 unspecified atom stereocenters. The molecule has 0 aliphatic heterocycles. The average molecular weight is 469 g/mol. The second-order valence-corrected chi connectivity index (χ2v) is 8.57. The van der Waals surface area contributed by atoms with Crippen LogP contribution in [0, 0.1) is 0 Å². The summed E-state index contributed by atoms with van der Waals surface area (Å²) in [5.74, 6) is 0.653. The molecule has 8 heteroatoms. The third kappa shape index (κ3) is 3.24. The van der Waals surface area contributed by atoms with Gasteiger partial charge in [-0.05, 0) is 29.3 Å². The van der Waals surface area contributed by atoms with Gasteiger partial charge in [-0.25, -0.2) is 14.5 Å². The van der Waals surface area contributed by atoms with Gasteiger partial charge in [0.1, 0.15) is 5.69 Å². The molecule has 2 aromatic carbocycles. The number of fused-ring (bicyclic) bond motifs is 4. The number of hydrogen-bond donors (Lipinski definition) is 1. The van der Waals surface area contributed by atoms with Gasteiger partial charge in [-0.1, -0.05) is 54.6 Å². The van der Waals surface area contributed by atoms with Crippen LogP contribution in [0.15, 0.2) is 97.5 Å². The minimum Gasteiger partial charge on any atom is -0.326 e. The highest BCUT2D eigenvalue weighted by atomic mass is 15.3. The van der Waals surface area contributed by atoms with Crippen LogP contribution >= 0.6 is 0 Å². The van der Waals surface area contributed by atoms with E-state index in [0.717, 1.165) is 50.1 Å². The molecule has 0 spiro atoms. The van der Waals surface area contributed by atoms with E-state index in [0.29, 0.717) is 18.1 Å². The zero-order valence-corrected chi connectivity index (χ0v) is 19.2. The Morgan fingerprint density at radius 1 is 0.806 bits per heavy atom. The Bertz CT molecular complexity index is 1830. The molecule has 7 aromatic rings. The summed E-state index contributed by atoms with van der Waals surface area (Å²) >= 11 is 0. The molecule has 5 heterocycles. The summed E-state index contributed by atoms with van der Waals surface area (Å²) in [5.41, 5.74) is 14.0. The van der Waals surface area contributed by atoms with Crippen molar-refractivity contribution in [3.8, 4) is 33.9 Å². The second-order valence-electron chi connectivity index (χ2n) is 8.57. The van der Waals surface area contributed by atoms with Crippen LogP contribution in [0.1, 0.15) is 5.56 Å². The third-order valence-electron chi connectivity index (χ3n) is 6.38. The number of aromatic nitrogens is 7. The molecule has 2 N–H and O–H groups in total. The van der Waals surface area contributed by atoms with Gasteiger partial charge in [0.25, 0.3) is 0 Å². The van der Waals surface area contributed by atoms with Gasteiger partial charge in [0.05, 0.1) is 11.2 Å². The van der Waals surface area contributed by atoms with Crippen LogP contribution in [0.25, 0.3) is 56.1 Å². The van der Waals surface area contributed by atoms with Crippen LogP contribution in [-0.2, 0) is 6.54 Å². The standard InChI is InChI=1S/C28H20N8/c29-17-18-7-9-20(10-8-18)26-21(19-5-2-1-3-6-19)15-22-23(31-26)11-14-35-27(22)32-33-28(35)24-16-25-30-12-4-13-36(25)34-24/h1-16H,17,29H2. The highest BCUT2D eigenvalue weighted by Gasteiger charge is 2.18. The Hall–Kier alpha value is -4.95. The summed E-state index contributed by atoms with van der Waals surface area (Å²) in [4.78, 5) is 9.46. The summed E-state index contributed by atoms with van der Waals surface area (Å²) in [7, 11) is 0. The molecule has 0 saturated carbocycles. The maximum absolute atomic E-state index is 5.81. The first-order valence-electron chi connectivity index (χ1n) is 11.6. The molecule has 5 aromatic heterocycles. The zero-order chi connectivity index (χ0) is 24.1. The summed E-state index contributed by atoms with van der Waals surface area (Å²) in [6, 6.07) is 26.4. The van der Waals surface area contributed by atoms with Crippen molar-refractivity contribution in [2.75, 3.05) is 0 Å². The van der Waals surface area contributed by atoms with Crippen LogP contribution in [0.3, 0.4) is 0 Å². The maximum atomic E-state index is 5.81. The quantitative estimate of drug-likeness (QED) is 0.399. The number of benzene rings is 2. The van der Waals surface area contributed by atoms with Crippen molar-refractivity contribution >= 4 is 22.2 Å². The number of nitrogens with zero attached hydrogens (tertiary/aromatic N) is 7. The molecule has 0 fully saturated rings. The smallest absolute Gasteiger partial charge is 0.189 e. The predicted octanol–water partition coefficient (Wildman–Crippen LogP) is 4.78. The van der Waals surface area contributed by atoms with Crippen molar-refractivity contribution in [3.63, 3.8) is 0 Å². The fourth-order valence-electron chi connectivity index (χ4n) is 4.57. The number of nitrogens with two attached hydrogens (primary N) is 1. The Morgan fingerprint density at radius 3 is 2.47 bits per heavy atom. The van der Waals surface area contributed by atoms with Crippen LogP contribution < -0.4 is 5.73 Å². The van der Waals surface area contributed by atoms with Crippen molar-refractivity contribution in [3.05, 3.63) is 103 Å². The molecular weight excluding hydrogens is 448 g/mol. The van der Waals surface area contributed by atoms with Crippen molar-refractivity contribution in [1.82, 2.24) is 34.2 Å². The van der Waals surface area contributed by atoms with E-state index < -0.39 is 0 Å². The summed E-state index contributed by atoms with van der Waals surface area (Å²) in [6.45, 7) is 0.506. The van der Waals surface area contributed by atoms with Gasteiger partial charge in [0, 0.05) is 47.7 Å². The molecular formula is C28H20N8. The van der Waals surface area contributed by atoms with Crippen molar-refractivity contribution in [2.45, 2.75) is 6.54 Å². The zero-order valence-electron chi connectivity index (χ0n) is 19.2. The van der Waals surface area contributed by atoms with E-state index in [4.69, 9.17) is 10.7 Å². The fourth-order valence-corrected chi connectivity index (χ4v) is 4.57. The molecule has 0 saturated heterocycles. The molecule has 7 rings (SSSR count). The Kier molecular flexibility index (Phi) is 4.58. The summed E-state index contributed by atoms with van der Waals surface area (Å²) in [6.07, 6.45) is 5.55. The van der Waals surface area contributed by atoms with Crippen molar-refractivity contribution in [2.24, 2.45) is 5.73 Å². The summed E-state index contributed by atoms with van der Waals surface area (Å²) in [5, 5.41) is 14.6. The SMILES string of the molecule is NCc1ccc(-c2nc3ccn4c(-c5cc6ncccn6n5)nnc4c3cc2-c2ccccc2)cc1. The molecule has 36 heavy (non-hydrogen) atoms. The maximum Gasteiger partial charge on any atom is 0.189 e. The fraction of sp³-hybridized carbons (Fsp3) is 0.0357. The minimum atomic E-state index is 0.506. The van der Waals surface area contributed by atoms with Crippen LogP contribution in [0.2, 0.25) is 0 Å². The lowest BCUT2D eigenvalue weighted by atomic mass is 9.97. The second kappa shape index (κ2) is 8.07. The molecule has 8 nitrogen and oxygen atoms in total. The van der Waals surface area contributed by atoms with E-state index in [1.54, 1.807) is 10.7 Å². The van der Waals surface area contributed by atoms with Gasteiger partial charge in [-0.2, -0.15) is 5.10 Å². The Labute approximate surface area is 205 Å². The Morgan fingerprint density at radius 2 is 1.67 bits per heavy atom. The molecule has 0 bridgehead atoms. The first kappa shape index (κ1) is 20.4. The topological polar surface area (TPSA) is 99.3 Å². The van der Waals surface area contributed by atoms with Gasteiger partial charge in [-0.3, -0.25) is 4.40 Å². The van der Waals surface area contributed by atoms with Crippen molar-refractivity contribution < 1.29 is 0 Å². The summed E-state index contributed by atoms with van der Waals surface area (Å²) < 4.78 is 3.69. The van der Waals surface area contributed by atoms with Gasteiger partial charge in [0.2, 0.25) is 0 Å². The third-order valence-corrected chi connectivity index (χ3v) is 6.38. The van der Waals surface area contributed by atoms with E-state index in [1.165, 1.54) is 0 Å². The van der Waals surface area contributed by atoms with E-state index in [-0.39, 0.29) is 0 Å². The molecule has 0 amide bonds. The van der Waals surface area contributed by atoms with Gasteiger partial charge >= 0.3 is 0 Å². The highest BCUT2D eigenvalue weighted by molar-refractivity contribution is 5.98. The first-order chi connectivity index (χ1) is 17.8. The van der Waals surface area contributed by atoms with Crippen LogP contribution in [0.5, 0.6) is 0 Å². The predicted molar refractivity (Wildman–Crippen MR) is 139 cm³/mol. The van der Waals surface area contributed by atoms with Gasteiger partial charge in [0.15, 0.2) is 17.1 Å². The lowest BCUT2D eigenvalue weighted by Gasteiger charge is -2.12. The van der Waals surface area contributed by atoms with Gasteiger partial charge in [-0.15, -0.1) is 10.2 Å². The molecule has 172 valence electrons. The van der Waals surface area contributed by atoms with Crippen LogP contribution in [0.4, 0.5) is 0 Å². The monoisotopic (exact) mass is 468 g/mol. The molecule has 0 aliphatic rings. The van der Waals surface area contributed by atoms with Gasteiger partial charge < -0.3 is 5.73 Å².